The van der Waals surface area contributed by atoms with E-state index in [2.05, 4.69) is 0 Å². The Labute approximate surface area is 90.1 Å². The minimum atomic E-state index is -1.23. The molecule has 0 saturated carbocycles. The molecule has 82 valence electrons. The number of carbonyl (C=O) groups is 1. The van der Waals surface area contributed by atoms with Crippen LogP contribution in [0.5, 0.6) is 5.75 Å². The Morgan fingerprint density at radius 1 is 1.60 bits per heavy atom. The molecule has 4 N–H and O–H groups in total. The lowest BCUT2D eigenvalue weighted by molar-refractivity contribution is -0.138. The van der Waals surface area contributed by atoms with Crippen molar-refractivity contribution in [3.8, 4) is 5.75 Å². The monoisotopic (exact) mass is 233 g/mol. The first-order chi connectivity index (χ1) is 6.91. The molecule has 0 fully saturated rings. The zero-order valence-corrected chi connectivity index (χ0v) is 8.33. The van der Waals surface area contributed by atoms with Crippen molar-refractivity contribution in [3.63, 3.8) is 0 Å². The van der Waals surface area contributed by atoms with Crippen LogP contribution in [-0.2, 0) is 11.2 Å². The molecule has 1 rings (SSSR count). The molecule has 0 aliphatic rings. The van der Waals surface area contributed by atoms with E-state index in [1.54, 1.807) is 0 Å². The van der Waals surface area contributed by atoms with Crippen LogP contribution < -0.4 is 5.73 Å². The van der Waals surface area contributed by atoms with Gasteiger partial charge in [0.05, 0.1) is 0 Å². The van der Waals surface area contributed by atoms with Gasteiger partial charge in [-0.3, -0.25) is 4.79 Å². The minimum absolute atomic E-state index is 0.0786. The first-order valence-corrected chi connectivity index (χ1v) is 4.45. The molecule has 1 unspecified atom stereocenters. The molecule has 0 heterocycles. The van der Waals surface area contributed by atoms with E-state index in [-0.39, 0.29) is 17.0 Å². The summed E-state index contributed by atoms with van der Waals surface area (Å²) < 4.78 is 13.0. The first kappa shape index (κ1) is 11.7. The maximum atomic E-state index is 13.0. The number of nitrogens with two attached hydrogens (primary N) is 1. The number of carboxylic acid groups (broad SMARTS) is 1. The van der Waals surface area contributed by atoms with Crippen LogP contribution in [0.1, 0.15) is 5.56 Å². The van der Waals surface area contributed by atoms with Gasteiger partial charge in [-0.25, -0.2) is 4.39 Å². The third kappa shape index (κ3) is 2.81. The molecule has 1 aromatic carbocycles. The summed E-state index contributed by atoms with van der Waals surface area (Å²) in [5.41, 5.74) is 5.32. The fourth-order valence-electron chi connectivity index (χ4n) is 1.10. The number of rotatable bonds is 3. The summed E-state index contributed by atoms with van der Waals surface area (Å²) in [7, 11) is 0. The fraction of sp³-hybridized carbons (Fsp3) is 0.222. The third-order valence-corrected chi connectivity index (χ3v) is 2.08. The highest BCUT2D eigenvalue weighted by molar-refractivity contribution is 6.30. The molecule has 1 aromatic rings. The van der Waals surface area contributed by atoms with Gasteiger partial charge in [-0.2, -0.15) is 0 Å². The second-order valence-electron chi connectivity index (χ2n) is 3.04. The molecule has 6 heteroatoms. The molecule has 0 spiro atoms. The Bertz CT molecular complexity index is 397. The number of halogens is 2. The maximum absolute atomic E-state index is 13.0. The third-order valence-electron chi connectivity index (χ3n) is 1.86. The van der Waals surface area contributed by atoms with Crippen molar-refractivity contribution in [2.45, 2.75) is 12.5 Å². The van der Waals surface area contributed by atoms with Crippen LogP contribution in [0.4, 0.5) is 4.39 Å². The summed E-state index contributed by atoms with van der Waals surface area (Å²) in [4.78, 5) is 10.5. The van der Waals surface area contributed by atoms with Crippen molar-refractivity contribution in [1.82, 2.24) is 0 Å². The summed E-state index contributed by atoms with van der Waals surface area (Å²) in [6.07, 6.45) is -0.182. The molecule has 4 nitrogen and oxygen atoms in total. The average molecular weight is 234 g/mol. The largest absolute Gasteiger partial charge is 0.505 e. The number of phenols is 1. The second-order valence-corrected chi connectivity index (χ2v) is 3.48. The molecule has 0 aliphatic carbocycles. The average Bonchev–Trinajstić information content (AvgIpc) is 2.13. The number of hydrogen-bond donors (Lipinski definition) is 3. The van der Waals surface area contributed by atoms with Crippen LogP contribution in [0.2, 0.25) is 5.02 Å². The molecular formula is C9H9ClFNO3. The summed E-state index contributed by atoms with van der Waals surface area (Å²) in [5.74, 6) is -2.74. The molecule has 1 atom stereocenters. The van der Waals surface area contributed by atoms with Gasteiger partial charge in [0.1, 0.15) is 6.04 Å². The lowest BCUT2D eigenvalue weighted by atomic mass is 10.1. The van der Waals surface area contributed by atoms with E-state index in [0.29, 0.717) is 0 Å². The molecule has 0 amide bonds. The van der Waals surface area contributed by atoms with E-state index in [9.17, 15) is 14.3 Å². The summed E-state index contributed by atoms with van der Waals surface area (Å²) >= 11 is 5.55. The van der Waals surface area contributed by atoms with Crippen LogP contribution in [-0.4, -0.2) is 22.2 Å². The Morgan fingerprint density at radius 2 is 2.20 bits per heavy atom. The van der Waals surface area contributed by atoms with E-state index in [0.717, 1.165) is 6.07 Å². The van der Waals surface area contributed by atoms with Crippen molar-refractivity contribution in [3.05, 3.63) is 28.5 Å². The molecule has 0 radical (unpaired) electrons. The van der Waals surface area contributed by atoms with Crippen molar-refractivity contribution in [1.29, 1.82) is 0 Å². The lowest BCUT2D eigenvalue weighted by Gasteiger charge is -2.09. The van der Waals surface area contributed by atoms with Gasteiger partial charge in [0.15, 0.2) is 11.6 Å². The highest BCUT2D eigenvalue weighted by Gasteiger charge is 2.17. The Hall–Kier alpha value is -1.33. The standard InChI is InChI=1S/C9H9ClFNO3/c10-5-1-4(2-7(12)9(14)15)8(13)6(11)3-5/h1,3,7,13H,2,12H2,(H,14,15). The van der Waals surface area contributed by atoms with Crippen LogP contribution in [0, 0.1) is 5.82 Å². The van der Waals surface area contributed by atoms with E-state index < -0.39 is 23.6 Å². The molecule has 15 heavy (non-hydrogen) atoms. The molecular weight excluding hydrogens is 225 g/mol. The van der Waals surface area contributed by atoms with Crippen molar-refractivity contribution in [2.75, 3.05) is 0 Å². The summed E-state index contributed by atoms with van der Waals surface area (Å²) in [5, 5.41) is 17.9. The minimum Gasteiger partial charge on any atom is -0.505 e. The van der Waals surface area contributed by atoms with Crippen molar-refractivity contribution < 1.29 is 19.4 Å². The predicted molar refractivity (Wildman–Crippen MR) is 52.4 cm³/mol. The van der Waals surface area contributed by atoms with E-state index in [1.165, 1.54) is 6.07 Å². The Kier molecular flexibility index (Phi) is 3.49. The van der Waals surface area contributed by atoms with Gasteiger partial charge in [0.2, 0.25) is 0 Å². The van der Waals surface area contributed by atoms with E-state index in [4.69, 9.17) is 22.4 Å². The van der Waals surface area contributed by atoms with Gasteiger partial charge in [-0.15, -0.1) is 0 Å². The topological polar surface area (TPSA) is 83.5 Å². The number of aliphatic carboxylic acids is 1. The molecule has 0 bridgehead atoms. The van der Waals surface area contributed by atoms with Gasteiger partial charge < -0.3 is 15.9 Å². The van der Waals surface area contributed by atoms with Gasteiger partial charge in [-0.1, -0.05) is 11.6 Å². The van der Waals surface area contributed by atoms with Gasteiger partial charge >= 0.3 is 5.97 Å². The second kappa shape index (κ2) is 4.46. The quantitative estimate of drug-likeness (QED) is 0.731. The highest BCUT2D eigenvalue weighted by Crippen LogP contribution is 2.26. The normalized spacial score (nSPS) is 12.5. The molecule has 0 aromatic heterocycles. The SMILES string of the molecule is NC(Cc1cc(Cl)cc(F)c1O)C(=O)O. The van der Waals surface area contributed by atoms with Crippen LogP contribution in [0.3, 0.4) is 0 Å². The summed E-state index contributed by atoms with van der Waals surface area (Å²) in [6.45, 7) is 0. The zero-order valence-electron chi connectivity index (χ0n) is 7.58. The fourth-order valence-corrected chi connectivity index (χ4v) is 1.33. The van der Waals surface area contributed by atoms with Crippen LogP contribution in [0.15, 0.2) is 12.1 Å². The smallest absolute Gasteiger partial charge is 0.320 e. The van der Waals surface area contributed by atoms with E-state index in [1.807, 2.05) is 0 Å². The van der Waals surface area contributed by atoms with E-state index >= 15 is 0 Å². The number of phenolic OH excluding ortho intramolecular Hbond substituents is 1. The number of hydrogen-bond acceptors (Lipinski definition) is 3. The number of carboxylic acids is 1. The number of benzene rings is 1. The van der Waals surface area contributed by atoms with Gasteiger partial charge in [0, 0.05) is 17.0 Å². The predicted octanol–water partition coefficient (Wildman–Crippen LogP) is 1.14. The Balaban J connectivity index is 2.99. The Morgan fingerprint density at radius 3 is 2.73 bits per heavy atom. The number of aromatic hydroxyl groups is 1. The van der Waals surface area contributed by atoms with Crippen molar-refractivity contribution >= 4 is 17.6 Å². The van der Waals surface area contributed by atoms with Gasteiger partial charge in [0.25, 0.3) is 0 Å². The van der Waals surface area contributed by atoms with Gasteiger partial charge in [-0.05, 0) is 12.1 Å². The molecule has 0 saturated heterocycles. The van der Waals surface area contributed by atoms with Crippen LogP contribution in [0.25, 0.3) is 0 Å². The lowest BCUT2D eigenvalue weighted by Crippen LogP contribution is -2.32. The first-order valence-electron chi connectivity index (χ1n) is 4.07. The van der Waals surface area contributed by atoms with Crippen LogP contribution >= 0.6 is 11.6 Å². The zero-order chi connectivity index (χ0) is 11.6. The maximum Gasteiger partial charge on any atom is 0.320 e. The van der Waals surface area contributed by atoms with Crippen molar-refractivity contribution in [2.24, 2.45) is 5.73 Å². The summed E-state index contributed by atoms with van der Waals surface area (Å²) in [6, 6.07) is 1.02. The molecule has 0 aliphatic heterocycles. The highest BCUT2D eigenvalue weighted by atomic mass is 35.5.